The Bertz CT molecular complexity index is 1150. The van der Waals surface area contributed by atoms with Gasteiger partial charge in [-0.1, -0.05) is 23.7 Å². The fraction of sp³-hybridized carbons (Fsp3) is 0.240. The van der Waals surface area contributed by atoms with E-state index in [2.05, 4.69) is 25.8 Å². The van der Waals surface area contributed by atoms with Crippen molar-refractivity contribution < 1.29 is 9.59 Å². The van der Waals surface area contributed by atoms with Crippen molar-refractivity contribution in [2.45, 2.75) is 26.3 Å². The van der Waals surface area contributed by atoms with Gasteiger partial charge in [-0.3, -0.25) is 9.78 Å². The molecule has 0 bridgehead atoms. The van der Waals surface area contributed by atoms with Gasteiger partial charge >= 0.3 is 6.03 Å². The lowest BCUT2D eigenvalue weighted by Crippen LogP contribution is -2.27. The molecule has 0 atom stereocenters. The summed E-state index contributed by atoms with van der Waals surface area (Å²) in [6.45, 7) is 4.09. The van der Waals surface area contributed by atoms with Crippen LogP contribution in [0, 0.1) is 6.92 Å². The zero-order valence-electron chi connectivity index (χ0n) is 18.4. The van der Waals surface area contributed by atoms with Crippen LogP contribution in [0.1, 0.15) is 34.3 Å². The first kappa shape index (κ1) is 22.6. The molecule has 0 unspecified atom stereocenters. The number of pyridine rings is 1. The Morgan fingerprint density at radius 3 is 2.45 bits per heavy atom. The van der Waals surface area contributed by atoms with Crippen molar-refractivity contribution in [2.75, 3.05) is 28.6 Å². The van der Waals surface area contributed by atoms with Gasteiger partial charge in [-0.15, -0.1) is 0 Å². The molecule has 0 spiro atoms. The zero-order chi connectivity index (χ0) is 23.2. The third kappa shape index (κ3) is 5.81. The predicted molar refractivity (Wildman–Crippen MR) is 132 cm³/mol. The molecule has 0 saturated carbocycles. The number of aromatic nitrogens is 1. The van der Waals surface area contributed by atoms with Crippen molar-refractivity contribution in [3.05, 3.63) is 82.6 Å². The van der Waals surface area contributed by atoms with Crippen molar-refractivity contribution in [1.82, 2.24) is 10.3 Å². The topological polar surface area (TPSA) is 86.4 Å². The lowest BCUT2D eigenvalue weighted by atomic mass is 10.1. The second-order valence-corrected chi connectivity index (χ2v) is 8.42. The summed E-state index contributed by atoms with van der Waals surface area (Å²) in [6.07, 6.45) is 5.61. The maximum absolute atomic E-state index is 13.1. The smallest absolute Gasteiger partial charge is 0.323 e. The molecule has 1 aromatic heterocycles. The van der Waals surface area contributed by atoms with Crippen LogP contribution in [0.2, 0.25) is 5.02 Å². The van der Waals surface area contributed by atoms with Crippen LogP contribution in [0.25, 0.3) is 0 Å². The molecule has 2 aromatic carbocycles. The summed E-state index contributed by atoms with van der Waals surface area (Å²) < 4.78 is 0. The number of hydrogen-bond acceptors (Lipinski definition) is 4. The van der Waals surface area contributed by atoms with E-state index in [0.29, 0.717) is 28.5 Å². The Balaban J connectivity index is 1.50. The van der Waals surface area contributed by atoms with Gasteiger partial charge in [0, 0.05) is 54.1 Å². The standard InChI is InChI=1S/C25H26ClN5O2/c1-17-6-7-20(14-22(17)26)30-25(33)29-19-8-9-23(31-11-2-3-12-31)21(13-19)24(32)28-16-18-5-4-10-27-15-18/h4-10,13-15H,2-3,11-12,16H2,1H3,(H,28,32)(H2,29,30,33). The molecule has 4 rings (SSSR count). The van der Waals surface area contributed by atoms with Gasteiger partial charge in [-0.05, 0) is 67.3 Å². The molecule has 1 saturated heterocycles. The number of anilines is 3. The number of benzene rings is 2. The lowest BCUT2D eigenvalue weighted by Gasteiger charge is -2.22. The van der Waals surface area contributed by atoms with Crippen LogP contribution in [0.15, 0.2) is 60.9 Å². The van der Waals surface area contributed by atoms with E-state index in [9.17, 15) is 9.59 Å². The normalized spacial score (nSPS) is 13.0. The molecule has 8 heteroatoms. The molecule has 7 nitrogen and oxygen atoms in total. The molecular weight excluding hydrogens is 438 g/mol. The highest BCUT2D eigenvalue weighted by Gasteiger charge is 2.20. The van der Waals surface area contributed by atoms with Crippen molar-refractivity contribution in [1.29, 1.82) is 0 Å². The van der Waals surface area contributed by atoms with Gasteiger partial charge in [0.25, 0.3) is 5.91 Å². The monoisotopic (exact) mass is 463 g/mol. The first-order valence-electron chi connectivity index (χ1n) is 10.9. The van der Waals surface area contributed by atoms with E-state index in [-0.39, 0.29) is 5.91 Å². The first-order valence-corrected chi connectivity index (χ1v) is 11.3. The summed E-state index contributed by atoms with van der Waals surface area (Å²) in [5, 5.41) is 9.12. The van der Waals surface area contributed by atoms with E-state index in [1.165, 1.54) is 0 Å². The number of urea groups is 1. The molecule has 170 valence electrons. The van der Waals surface area contributed by atoms with Crippen LogP contribution in [-0.4, -0.2) is 30.0 Å². The van der Waals surface area contributed by atoms with Crippen molar-refractivity contribution in [3.63, 3.8) is 0 Å². The molecule has 1 aliphatic rings. The van der Waals surface area contributed by atoms with Crippen LogP contribution in [-0.2, 0) is 6.54 Å². The molecule has 1 fully saturated rings. The highest BCUT2D eigenvalue weighted by Crippen LogP contribution is 2.28. The second-order valence-electron chi connectivity index (χ2n) is 8.01. The van der Waals surface area contributed by atoms with Gasteiger partial charge in [-0.25, -0.2) is 4.79 Å². The van der Waals surface area contributed by atoms with Crippen molar-refractivity contribution in [2.24, 2.45) is 0 Å². The highest BCUT2D eigenvalue weighted by atomic mass is 35.5. The lowest BCUT2D eigenvalue weighted by molar-refractivity contribution is 0.0951. The number of amides is 3. The van der Waals surface area contributed by atoms with Crippen LogP contribution in [0.5, 0.6) is 0 Å². The molecule has 3 N–H and O–H groups in total. The maximum atomic E-state index is 13.1. The van der Waals surface area contributed by atoms with Crippen LogP contribution < -0.4 is 20.9 Å². The fourth-order valence-corrected chi connectivity index (χ4v) is 3.95. The SMILES string of the molecule is Cc1ccc(NC(=O)Nc2ccc(N3CCCC3)c(C(=O)NCc3cccnc3)c2)cc1Cl. The Kier molecular flexibility index (Phi) is 7.10. The van der Waals surface area contributed by atoms with E-state index in [4.69, 9.17) is 11.6 Å². The number of rotatable bonds is 6. The maximum Gasteiger partial charge on any atom is 0.323 e. The molecular formula is C25H26ClN5O2. The Labute approximate surface area is 198 Å². The van der Waals surface area contributed by atoms with Gasteiger partial charge in [0.15, 0.2) is 0 Å². The number of nitrogens with one attached hydrogen (secondary N) is 3. The minimum atomic E-state index is -0.412. The summed E-state index contributed by atoms with van der Waals surface area (Å²) in [5.41, 5.74) is 4.36. The van der Waals surface area contributed by atoms with Gasteiger partial charge in [0.05, 0.1) is 5.56 Å². The number of nitrogens with zero attached hydrogens (tertiary/aromatic N) is 2. The third-order valence-electron chi connectivity index (χ3n) is 5.55. The van der Waals surface area contributed by atoms with Crippen molar-refractivity contribution >= 4 is 40.6 Å². The van der Waals surface area contributed by atoms with E-state index in [0.717, 1.165) is 42.7 Å². The van der Waals surface area contributed by atoms with Gasteiger partial charge in [0.1, 0.15) is 0 Å². The predicted octanol–water partition coefficient (Wildman–Crippen LogP) is 5.22. The van der Waals surface area contributed by atoms with E-state index >= 15 is 0 Å². The third-order valence-corrected chi connectivity index (χ3v) is 5.96. The summed E-state index contributed by atoms with van der Waals surface area (Å²) in [4.78, 5) is 31.9. The van der Waals surface area contributed by atoms with Gasteiger partial charge < -0.3 is 20.9 Å². The zero-order valence-corrected chi connectivity index (χ0v) is 19.2. The average Bonchev–Trinajstić information content (AvgIpc) is 3.35. The summed E-state index contributed by atoms with van der Waals surface area (Å²) in [7, 11) is 0. The Hall–Kier alpha value is -3.58. The quantitative estimate of drug-likeness (QED) is 0.468. The number of aryl methyl sites for hydroxylation is 1. The second kappa shape index (κ2) is 10.4. The molecule has 1 aliphatic heterocycles. The summed E-state index contributed by atoms with van der Waals surface area (Å²) in [6, 6.07) is 14.1. The average molecular weight is 464 g/mol. The minimum absolute atomic E-state index is 0.199. The summed E-state index contributed by atoms with van der Waals surface area (Å²) >= 11 is 6.14. The van der Waals surface area contributed by atoms with Crippen molar-refractivity contribution in [3.8, 4) is 0 Å². The summed E-state index contributed by atoms with van der Waals surface area (Å²) in [5.74, 6) is -0.199. The fourth-order valence-electron chi connectivity index (χ4n) is 3.77. The van der Waals surface area contributed by atoms with Gasteiger partial charge in [-0.2, -0.15) is 0 Å². The number of carbonyl (C=O) groups excluding carboxylic acids is 2. The molecule has 3 amide bonds. The number of hydrogen-bond donors (Lipinski definition) is 3. The Morgan fingerprint density at radius 2 is 1.76 bits per heavy atom. The number of halogens is 1. The van der Waals surface area contributed by atoms with Crippen LogP contribution in [0.3, 0.4) is 0 Å². The molecule has 0 radical (unpaired) electrons. The highest BCUT2D eigenvalue weighted by molar-refractivity contribution is 6.31. The van der Waals surface area contributed by atoms with Gasteiger partial charge in [0.2, 0.25) is 0 Å². The van der Waals surface area contributed by atoms with E-state index in [1.54, 1.807) is 30.6 Å². The molecule has 2 heterocycles. The van der Waals surface area contributed by atoms with Crippen LogP contribution in [0.4, 0.5) is 21.9 Å². The molecule has 33 heavy (non-hydrogen) atoms. The first-order chi connectivity index (χ1) is 16.0. The van der Waals surface area contributed by atoms with E-state index < -0.39 is 6.03 Å². The number of carbonyl (C=O) groups is 2. The largest absolute Gasteiger partial charge is 0.371 e. The Morgan fingerprint density at radius 1 is 1.03 bits per heavy atom. The van der Waals surface area contributed by atoms with E-state index in [1.807, 2.05) is 37.3 Å². The molecule has 0 aliphatic carbocycles. The molecule has 3 aromatic rings. The minimum Gasteiger partial charge on any atom is -0.371 e. The van der Waals surface area contributed by atoms with Crippen LogP contribution >= 0.6 is 11.6 Å².